The fourth-order valence-electron chi connectivity index (χ4n) is 2.79. The lowest BCUT2D eigenvalue weighted by Crippen LogP contribution is -2.22. The van der Waals surface area contributed by atoms with Gasteiger partial charge in [0.2, 0.25) is 11.8 Å². The number of hydrogen-bond donors (Lipinski definition) is 3. The van der Waals surface area contributed by atoms with Crippen molar-refractivity contribution in [2.45, 2.75) is 46.5 Å². The third-order valence-corrected chi connectivity index (χ3v) is 4.34. The molecule has 2 aromatic rings. The van der Waals surface area contributed by atoms with Gasteiger partial charge in [-0.15, -0.1) is 0 Å². The zero-order valence-corrected chi connectivity index (χ0v) is 18.2. The number of rotatable bonds is 12. The number of hydrogen-bond acceptors (Lipinski definition) is 4. The van der Waals surface area contributed by atoms with E-state index in [-0.39, 0.29) is 18.4 Å². The Labute approximate surface area is 179 Å². The smallest absolute Gasteiger partial charge is 0.243 e. The van der Waals surface area contributed by atoms with E-state index in [4.69, 9.17) is 4.74 Å². The lowest BCUT2D eigenvalue weighted by Gasteiger charge is -2.14. The number of carbonyl (C=O) groups is 2. The highest BCUT2D eigenvalue weighted by Gasteiger charge is 2.09. The molecule has 6 heteroatoms. The summed E-state index contributed by atoms with van der Waals surface area (Å²) >= 11 is 0. The maximum atomic E-state index is 12.4. The zero-order valence-electron chi connectivity index (χ0n) is 18.2. The van der Waals surface area contributed by atoms with E-state index in [0.717, 1.165) is 24.9 Å². The number of unbranched alkanes of at least 4 members (excludes halogenated alkanes) is 2. The van der Waals surface area contributed by atoms with E-state index >= 15 is 0 Å². The highest BCUT2D eigenvalue weighted by atomic mass is 16.5. The molecule has 0 radical (unpaired) electrons. The van der Waals surface area contributed by atoms with Gasteiger partial charge < -0.3 is 20.7 Å². The van der Waals surface area contributed by atoms with Gasteiger partial charge >= 0.3 is 0 Å². The van der Waals surface area contributed by atoms with Gasteiger partial charge in [0.1, 0.15) is 5.75 Å². The first-order valence-corrected chi connectivity index (χ1v) is 10.6. The predicted octanol–water partition coefficient (Wildman–Crippen LogP) is 5.29. The Morgan fingerprint density at radius 3 is 2.47 bits per heavy atom. The van der Waals surface area contributed by atoms with Crippen molar-refractivity contribution in [2.75, 3.05) is 29.1 Å². The lowest BCUT2D eigenvalue weighted by molar-refractivity contribution is -0.116. The highest BCUT2D eigenvalue weighted by molar-refractivity contribution is 5.95. The lowest BCUT2D eigenvalue weighted by atomic mass is 10.2. The Morgan fingerprint density at radius 2 is 1.70 bits per heavy atom. The van der Waals surface area contributed by atoms with Gasteiger partial charge in [-0.1, -0.05) is 51.8 Å². The third kappa shape index (κ3) is 8.55. The van der Waals surface area contributed by atoms with E-state index < -0.39 is 0 Å². The van der Waals surface area contributed by atoms with Crippen molar-refractivity contribution in [3.63, 3.8) is 0 Å². The summed E-state index contributed by atoms with van der Waals surface area (Å²) in [7, 11) is 0. The van der Waals surface area contributed by atoms with Crippen LogP contribution < -0.4 is 20.7 Å². The van der Waals surface area contributed by atoms with Gasteiger partial charge in [0.15, 0.2) is 0 Å². The second kappa shape index (κ2) is 12.5. The number of ether oxygens (including phenoxy) is 1. The third-order valence-electron chi connectivity index (χ3n) is 4.34. The molecule has 0 unspecified atom stereocenters. The normalized spacial score (nSPS) is 10.5. The van der Waals surface area contributed by atoms with E-state index in [1.165, 1.54) is 0 Å². The number of amides is 2. The van der Waals surface area contributed by atoms with Crippen molar-refractivity contribution in [1.29, 1.82) is 0 Å². The van der Waals surface area contributed by atoms with Crippen LogP contribution in [0.4, 0.5) is 17.1 Å². The van der Waals surface area contributed by atoms with Gasteiger partial charge in [-0.25, -0.2) is 0 Å². The number of anilines is 3. The van der Waals surface area contributed by atoms with E-state index in [2.05, 4.69) is 36.7 Å². The molecular weight excluding hydrogens is 378 g/mol. The minimum Gasteiger partial charge on any atom is -0.491 e. The second-order valence-corrected chi connectivity index (χ2v) is 7.69. The molecule has 0 saturated heterocycles. The van der Waals surface area contributed by atoms with Crippen LogP contribution in [0.3, 0.4) is 0 Å². The molecule has 0 fully saturated rings. The van der Waals surface area contributed by atoms with Crippen LogP contribution in [-0.4, -0.2) is 25.0 Å². The summed E-state index contributed by atoms with van der Waals surface area (Å²) in [5, 5.41) is 8.88. The summed E-state index contributed by atoms with van der Waals surface area (Å²) in [5.74, 6) is 0.892. The molecule has 162 valence electrons. The first kappa shape index (κ1) is 23.3. The molecule has 30 heavy (non-hydrogen) atoms. The van der Waals surface area contributed by atoms with Crippen molar-refractivity contribution in [1.82, 2.24) is 0 Å². The Hall–Kier alpha value is -3.02. The first-order valence-electron chi connectivity index (χ1n) is 10.6. The quantitative estimate of drug-likeness (QED) is 0.415. The molecule has 2 amide bonds. The summed E-state index contributed by atoms with van der Waals surface area (Å²) in [4.78, 5) is 24.4. The van der Waals surface area contributed by atoms with E-state index in [0.29, 0.717) is 36.1 Å². The Kier molecular flexibility index (Phi) is 9.71. The van der Waals surface area contributed by atoms with Crippen LogP contribution in [-0.2, 0) is 9.59 Å². The summed E-state index contributed by atoms with van der Waals surface area (Å²) in [6, 6.07) is 14.8. The molecule has 3 N–H and O–H groups in total. The van der Waals surface area contributed by atoms with Gasteiger partial charge in [0.25, 0.3) is 0 Å². The summed E-state index contributed by atoms with van der Waals surface area (Å²) in [6.07, 6.45) is 3.55. The van der Waals surface area contributed by atoms with Crippen LogP contribution in [0.2, 0.25) is 0 Å². The Balaban J connectivity index is 1.86. The van der Waals surface area contributed by atoms with Crippen LogP contribution >= 0.6 is 0 Å². The SMILES string of the molecule is CCCCCC(=O)Nc1cccc(NCC(=O)Nc2ccccc2OCC(C)C)c1. The van der Waals surface area contributed by atoms with Crippen molar-refractivity contribution >= 4 is 28.9 Å². The Bertz CT molecular complexity index is 821. The van der Waals surface area contributed by atoms with Gasteiger partial charge in [0.05, 0.1) is 18.8 Å². The standard InChI is InChI=1S/C24H33N3O3/c1-4-5-6-14-23(28)26-20-11-9-10-19(15-20)25-16-24(29)27-21-12-7-8-13-22(21)30-17-18(2)3/h7-13,15,18,25H,4-6,14,16-17H2,1-3H3,(H,26,28)(H,27,29). The topological polar surface area (TPSA) is 79.5 Å². The average Bonchev–Trinajstić information content (AvgIpc) is 2.72. The number of nitrogens with one attached hydrogen (secondary N) is 3. The highest BCUT2D eigenvalue weighted by Crippen LogP contribution is 2.24. The van der Waals surface area contributed by atoms with Crippen molar-refractivity contribution in [3.05, 3.63) is 48.5 Å². The zero-order chi connectivity index (χ0) is 21.8. The summed E-state index contributed by atoms with van der Waals surface area (Å²) < 4.78 is 5.77. The maximum absolute atomic E-state index is 12.4. The molecule has 0 heterocycles. The minimum atomic E-state index is -0.176. The average molecular weight is 412 g/mol. The number of carbonyl (C=O) groups excluding carboxylic acids is 2. The molecule has 0 atom stereocenters. The predicted molar refractivity (Wildman–Crippen MR) is 123 cm³/mol. The Morgan fingerprint density at radius 1 is 0.933 bits per heavy atom. The number of benzene rings is 2. The van der Waals surface area contributed by atoms with Crippen LogP contribution in [0.5, 0.6) is 5.75 Å². The molecule has 0 bridgehead atoms. The molecule has 0 aliphatic carbocycles. The van der Waals surface area contributed by atoms with Crippen LogP contribution in [0, 0.1) is 5.92 Å². The molecule has 0 spiro atoms. The molecule has 0 aromatic heterocycles. The number of para-hydroxylation sites is 2. The fourth-order valence-corrected chi connectivity index (χ4v) is 2.79. The molecule has 2 aromatic carbocycles. The van der Waals surface area contributed by atoms with E-state index in [1.54, 1.807) is 0 Å². The summed E-state index contributed by atoms with van der Waals surface area (Å²) in [5.41, 5.74) is 2.13. The minimum absolute atomic E-state index is 0.0105. The molecule has 6 nitrogen and oxygen atoms in total. The second-order valence-electron chi connectivity index (χ2n) is 7.69. The van der Waals surface area contributed by atoms with Gasteiger partial charge in [0, 0.05) is 17.8 Å². The molecule has 0 saturated carbocycles. The van der Waals surface area contributed by atoms with Crippen LogP contribution in [0.1, 0.15) is 46.5 Å². The first-order chi connectivity index (χ1) is 14.5. The molecule has 0 aliphatic rings. The maximum Gasteiger partial charge on any atom is 0.243 e. The van der Waals surface area contributed by atoms with Crippen LogP contribution in [0.15, 0.2) is 48.5 Å². The van der Waals surface area contributed by atoms with Crippen molar-refractivity contribution < 1.29 is 14.3 Å². The van der Waals surface area contributed by atoms with Gasteiger partial charge in [-0.05, 0) is 42.7 Å². The van der Waals surface area contributed by atoms with Crippen molar-refractivity contribution in [2.24, 2.45) is 5.92 Å². The fraction of sp³-hybridized carbons (Fsp3) is 0.417. The van der Waals surface area contributed by atoms with E-state index in [9.17, 15) is 9.59 Å². The molecular formula is C24H33N3O3. The molecule has 2 rings (SSSR count). The monoisotopic (exact) mass is 411 g/mol. The summed E-state index contributed by atoms with van der Waals surface area (Å²) in [6.45, 7) is 6.95. The van der Waals surface area contributed by atoms with Crippen molar-refractivity contribution in [3.8, 4) is 5.75 Å². The van der Waals surface area contributed by atoms with Crippen LogP contribution in [0.25, 0.3) is 0 Å². The van der Waals surface area contributed by atoms with Gasteiger partial charge in [-0.3, -0.25) is 9.59 Å². The van der Waals surface area contributed by atoms with Gasteiger partial charge in [-0.2, -0.15) is 0 Å². The van der Waals surface area contributed by atoms with E-state index in [1.807, 2.05) is 48.5 Å². The largest absolute Gasteiger partial charge is 0.491 e. The molecule has 0 aliphatic heterocycles.